The summed E-state index contributed by atoms with van der Waals surface area (Å²) in [6, 6.07) is 0. The first kappa shape index (κ1) is 13.1. The smallest absolute Gasteiger partial charge is 0.355 e. The largest absolute Gasteiger partial charge is 0.461 e. The van der Waals surface area contributed by atoms with Crippen LogP contribution in [-0.4, -0.2) is 26.0 Å². The lowest BCUT2D eigenvalue weighted by molar-refractivity contribution is 0.0519. The molecule has 0 fully saturated rings. The molecule has 0 unspecified atom stereocenters. The Hall–Kier alpha value is -1.01. The Bertz CT molecular complexity index is 518. The van der Waals surface area contributed by atoms with E-state index in [1.54, 1.807) is 20.8 Å². The Morgan fingerprint density at radius 2 is 1.94 bits per heavy atom. The van der Waals surface area contributed by atoms with Gasteiger partial charge in [-0.15, -0.1) is 0 Å². The number of H-pyrrole nitrogens is 1. The first-order chi connectivity index (χ1) is 7.29. The minimum atomic E-state index is -3.87. The van der Waals surface area contributed by atoms with E-state index >= 15 is 0 Å². The zero-order valence-electron chi connectivity index (χ0n) is 9.13. The summed E-state index contributed by atoms with van der Waals surface area (Å²) >= 11 is 0. The maximum Gasteiger partial charge on any atom is 0.355 e. The van der Waals surface area contributed by atoms with Crippen molar-refractivity contribution in [2.45, 2.75) is 25.8 Å². The van der Waals surface area contributed by atoms with E-state index in [-0.39, 0.29) is 17.3 Å². The van der Waals surface area contributed by atoms with Gasteiger partial charge in [0.25, 0.3) is 9.05 Å². The molecule has 1 aromatic rings. The van der Waals surface area contributed by atoms with Gasteiger partial charge in [-0.1, -0.05) is 0 Å². The van der Waals surface area contributed by atoms with Gasteiger partial charge in [-0.05, 0) is 31.9 Å². The van der Waals surface area contributed by atoms with Crippen LogP contribution >= 0.6 is 10.7 Å². The number of carbonyl (C=O) groups is 1. The van der Waals surface area contributed by atoms with Gasteiger partial charge in [0.1, 0.15) is 5.69 Å². The molecule has 1 aromatic heterocycles. The van der Waals surface area contributed by atoms with E-state index in [1.165, 1.54) is 0 Å². The molecule has 0 saturated heterocycles. The van der Waals surface area contributed by atoms with Crippen LogP contribution in [0.3, 0.4) is 0 Å². The molecule has 0 saturated carbocycles. The average Bonchev–Trinajstić information content (AvgIpc) is 2.44. The van der Waals surface area contributed by atoms with Crippen molar-refractivity contribution >= 4 is 25.7 Å². The van der Waals surface area contributed by atoms with Crippen LogP contribution in [0.25, 0.3) is 0 Å². The van der Waals surface area contributed by atoms with E-state index in [4.69, 9.17) is 15.4 Å². The monoisotopic (exact) mass is 265 g/mol. The maximum absolute atomic E-state index is 11.5. The highest BCUT2D eigenvalue weighted by molar-refractivity contribution is 8.13. The summed E-state index contributed by atoms with van der Waals surface area (Å²) in [6.07, 6.45) is 0. The molecule has 0 aromatic carbocycles. The highest BCUT2D eigenvalue weighted by atomic mass is 35.7. The second-order valence-electron chi connectivity index (χ2n) is 3.24. The first-order valence-electron chi connectivity index (χ1n) is 4.60. The molecular weight excluding hydrogens is 254 g/mol. The van der Waals surface area contributed by atoms with Crippen molar-refractivity contribution < 1.29 is 17.9 Å². The Labute approximate surface area is 98.2 Å². The lowest BCUT2D eigenvalue weighted by Crippen LogP contribution is -2.06. The Morgan fingerprint density at radius 1 is 1.38 bits per heavy atom. The molecule has 0 atom stereocenters. The maximum atomic E-state index is 11.5. The van der Waals surface area contributed by atoms with Gasteiger partial charge in [0.15, 0.2) is 5.03 Å². The van der Waals surface area contributed by atoms with Crippen molar-refractivity contribution in [3.05, 3.63) is 16.8 Å². The van der Waals surface area contributed by atoms with E-state index in [0.29, 0.717) is 11.1 Å². The Balaban J connectivity index is 3.31. The van der Waals surface area contributed by atoms with Crippen LogP contribution < -0.4 is 0 Å². The predicted octanol–water partition coefficient (Wildman–Crippen LogP) is 1.74. The van der Waals surface area contributed by atoms with Gasteiger partial charge in [-0.2, -0.15) is 0 Å². The molecule has 1 N–H and O–H groups in total. The summed E-state index contributed by atoms with van der Waals surface area (Å²) in [7, 11) is 1.35. The predicted molar refractivity (Wildman–Crippen MR) is 59.3 cm³/mol. The minimum Gasteiger partial charge on any atom is -0.461 e. The second-order valence-corrected chi connectivity index (χ2v) is 5.74. The first-order valence-corrected chi connectivity index (χ1v) is 6.91. The summed E-state index contributed by atoms with van der Waals surface area (Å²) in [4.78, 5) is 13.9. The standard InChI is InChI=1S/C9H12ClNO4S/c1-4-15-9(12)7-5(2)6(3)8(11-7)16(10,13)14/h11H,4H2,1-3H3. The number of carbonyl (C=O) groups excluding carboxylic acids is 1. The molecule has 0 radical (unpaired) electrons. The van der Waals surface area contributed by atoms with Gasteiger partial charge >= 0.3 is 5.97 Å². The van der Waals surface area contributed by atoms with Crippen LogP contribution in [-0.2, 0) is 13.8 Å². The van der Waals surface area contributed by atoms with Crippen molar-refractivity contribution in [1.29, 1.82) is 0 Å². The van der Waals surface area contributed by atoms with E-state index < -0.39 is 15.0 Å². The van der Waals surface area contributed by atoms with Crippen molar-refractivity contribution in [3.63, 3.8) is 0 Å². The van der Waals surface area contributed by atoms with Crippen molar-refractivity contribution in [1.82, 2.24) is 4.98 Å². The highest BCUT2D eigenvalue weighted by Gasteiger charge is 2.23. The van der Waals surface area contributed by atoms with Gasteiger partial charge in [0.05, 0.1) is 6.61 Å². The fraction of sp³-hybridized carbons (Fsp3) is 0.444. The molecule has 16 heavy (non-hydrogen) atoms. The molecule has 1 heterocycles. The molecule has 0 aliphatic carbocycles. The summed E-state index contributed by atoms with van der Waals surface area (Å²) in [5, 5.41) is -0.158. The lowest BCUT2D eigenvalue weighted by Gasteiger charge is -1.99. The van der Waals surface area contributed by atoms with Crippen molar-refractivity contribution in [2.24, 2.45) is 0 Å². The quantitative estimate of drug-likeness (QED) is 0.667. The van der Waals surface area contributed by atoms with Crippen LogP contribution in [0.1, 0.15) is 28.5 Å². The van der Waals surface area contributed by atoms with Crippen LogP contribution in [0, 0.1) is 13.8 Å². The Morgan fingerprint density at radius 3 is 2.31 bits per heavy atom. The summed E-state index contributed by atoms with van der Waals surface area (Å²) in [6.45, 7) is 5.09. The summed E-state index contributed by atoms with van der Waals surface area (Å²) in [5.41, 5.74) is 1.08. The van der Waals surface area contributed by atoms with Gasteiger partial charge in [0.2, 0.25) is 0 Å². The third-order valence-electron chi connectivity index (χ3n) is 2.24. The number of halogens is 1. The van der Waals surface area contributed by atoms with Crippen LogP contribution in [0.15, 0.2) is 5.03 Å². The molecular formula is C9H12ClNO4S. The van der Waals surface area contributed by atoms with E-state index in [2.05, 4.69) is 4.98 Å². The van der Waals surface area contributed by atoms with Gasteiger partial charge < -0.3 is 9.72 Å². The Kier molecular flexibility index (Phi) is 3.64. The molecule has 0 aliphatic rings. The minimum absolute atomic E-state index is 0.124. The normalized spacial score (nSPS) is 11.5. The summed E-state index contributed by atoms with van der Waals surface area (Å²) in [5.74, 6) is -0.588. The average molecular weight is 266 g/mol. The fourth-order valence-corrected chi connectivity index (χ4v) is 2.52. The van der Waals surface area contributed by atoms with Gasteiger partial charge in [-0.3, -0.25) is 0 Å². The molecule has 0 spiro atoms. The number of nitrogens with one attached hydrogen (secondary N) is 1. The zero-order chi connectivity index (χ0) is 12.5. The SMILES string of the molecule is CCOC(=O)c1[nH]c(S(=O)(=O)Cl)c(C)c1C. The van der Waals surface area contributed by atoms with E-state index in [9.17, 15) is 13.2 Å². The number of ether oxygens (including phenoxy) is 1. The van der Waals surface area contributed by atoms with Crippen LogP contribution in [0.5, 0.6) is 0 Å². The molecule has 1 rings (SSSR count). The molecule has 90 valence electrons. The second kappa shape index (κ2) is 4.47. The van der Waals surface area contributed by atoms with Crippen molar-refractivity contribution in [2.75, 3.05) is 6.61 Å². The van der Waals surface area contributed by atoms with Crippen LogP contribution in [0.4, 0.5) is 0 Å². The highest BCUT2D eigenvalue weighted by Crippen LogP contribution is 2.24. The van der Waals surface area contributed by atoms with Crippen molar-refractivity contribution in [3.8, 4) is 0 Å². The van der Waals surface area contributed by atoms with Gasteiger partial charge in [0, 0.05) is 10.7 Å². The lowest BCUT2D eigenvalue weighted by atomic mass is 10.2. The van der Waals surface area contributed by atoms with E-state index in [1.807, 2.05) is 0 Å². The number of esters is 1. The summed E-state index contributed by atoms with van der Waals surface area (Å²) < 4.78 is 27.1. The third kappa shape index (κ3) is 2.38. The number of aromatic nitrogens is 1. The molecule has 5 nitrogen and oxygen atoms in total. The number of aromatic amines is 1. The van der Waals surface area contributed by atoms with E-state index in [0.717, 1.165) is 0 Å². The number of hydrogen-bond donors (Lipinski definition) is 1. The molecule has 0 bridgehead atoms. The van der Waals surface area contributed by atoms with Gasteiger partial charge in [-0.25, -0.2) is 13.2 Å². The van der Waals surface area contributed by atoms with Crippen LogP contribution in [0.2, 0.25) is 0 Å². The fourth-order valence-electron chi connectivity index (χ4n) is 1.31. The number of hydrogen-bond acceptors (Lipinski definition) is 4. The number of rotatable bonds is 3. The molecule has 0 aliphatic heterocycles. The molecule has 0 amide bonds. The topological polar surface area (TPSA) is 76.2 Å². The zero-order valence-corrected chi connectivity index (χ0v) is 10.7. The third-order valence-corrected chi connectivity index (χ3v) is 3.60. The molecule has 7 heteroatoms.